The molecule has 0 aliphatic heterocycles. The first-order valence-electron chi connectivity index (χ1n) is 9.05. The number of ether oxygens (including phenoxy) is 1. The van der Waals surface area contributed by atoms with Crippen molar-refractivity contribution < 1.29 is 9.53 Å². The van der Waals surface area contributed by atoms with Gasteiger partial charge in [-0.3, -0.25) is 0 Å². The number of fused-ring (bicyclic) bond motifs is 3. The van der Waals surface area contributed by atoms with E-state index in [0.29, 0.717) is 11.6 Å². The molecule has 0 spiro atoms. The molecule has 0 unspecified atom stereocenters. The zero-order chi connectivity index (χ0) is 19.3. The SMILES string of the molecule is O=C(NCC#Cc1cccc(Cl)c1)OCC1c2ccccc2-c2ccccc21. The van der Waals surface area contributed by atoms with Gasteiger partial charge in [-0.1, -0.05) is 78.0 Å². The van der Waals surface area contributed by atoms with Gasteiger partial charge >= 0.3 is 6.09 Å². The van der Waals surface area contributed by atoms with Gasteiger partial charge in [0.15, 0.2) is 0 Å². The van der Waals surface area contributed by atoms with Crippen molar-refractivity contribution in [2.45, 2.75) is 5.92 Å². The third-order valence-electron chi connectivity index (χ3n) is 4.72. The van der Waals surface area contributed by atoms with Crippen molar-refractivity contribution in [3.63, 3.8) is 0 Å². The summed E-state index contributed by atoms with van der Waals surface area (Å²) in [5.74, 6) is 5.91. The number of hydrogen-bond acceptors (Lipinski definition) is 2. The molecule has 4 heteroatoms. The molecule has 138 valence electrons. The Balaban J connectivity index is 1.35. The fourth-order valence-electron chi connectivity index (χ4n) is 3.48. The predicted octanol–water partition coefficient (Wildman–Crippen LogP) is 5.23. The largest absolute Gasteiger partial charge is 0.449 e. The van der Waals surface area contributed by atoms with E-state index in [2.05, 4.69) is 41.4 Å². The Hall–Kier alpha value is -3.22. The second-order valence-corrected chi connectivity index (χ2v) is 6.93. The molecule has 1 N–H and O–H groups in total. The lowest BCUT2D eigenvalue weighted by molar-refractivity contribution is 0.144. The highest BCUT2D eigenvalue weighted by molar-refractivity contribution is 6.30. The van der Waals surface area contributed by atoms with Gasteiger partial charge in [-0.05, 0) is 40.5 Å². The van der Waals surface area contributed by atoms with Crippen molar-refractivity contribution in [1.82, 2.24) is 5.32 Å². The van der Waals surface area contributed by atoms with Crippen LogP contribution in [0.25, 0.3) is 11.1 Å². The van der Waals surface area contributed by atoms with Crippen LogP contribution in [0.2, 0.25) is 5.02 Å². The summed E-state index contributed by atoms with van der Waals surface area (Å²) in [5.41, 5.74) is 5.61. The van der Waals surface area contributed by atoms with Gasteiger partial charge in [0.1, 0.15) is 6.61 Å². The van der Waals surface area contributed by atoms with Crippen molar-refractivity contribution in [3.8, 4) is 23.0 Å². The number of benzene rings is 3. The van der Waals surface area contributed by atoms with E-state index < -0.39 is 6.09 Å². The zero-order valence-corrected chi connectivity index (χ0v) is 15.9. The van der Waals surface area contributed by atoms with E-state index in [1.54, 1.807) is 12.1 Å². The summed E-state index contributed by atoms with van der Waals surface area (Å²) in [7, 11) is 0. The average molecular weight is 388 g/mol. The molecule has 0 radical (unpaired) electrons. The number of halogens is 1. The minimum absolute atomic E-state index is 0.0516. The van der Waals surface area contributed by atoms with Gasteiger partial charge in [0.25, 0.3) is 0 Å². The molecule has 0 fully saturated rings. The lowest BCUT2D eigenvalue weighted by Gasteiger charge is -2.14. The van der Waals surface area contributed by atoms with E-state index in [4.69, 9.17) is 16.3 Å². The zero-order valence-electron chi connectivity index (χ0n) is 15.1. The summed E-state index contributed by atoms with van der Waals surface area (Å²) in [6, 6.07) is 23.8. The first-order chi connectivity index (χ1) is 13.7. The molecular formula is C24H18ClNO2. The second-order valence-electron chi connectivity index (χ2n) is 6.49. The average Bonchev–Trinajstić information content (AvgIpc) is 3.04. The smallest absolute Gasteiger partial charge is 0.407 e. The van der Waals surface area contributed by atoms with Crippen LogP contribution in [0, 0.1) is 11.8 Å². The number of carbonyl (C=O) groups is 1. The first-order valence-corrected chi connectivity index (χ1v) is 9.43. The van der Waals surface area contributed by atoms with Crippen LogP contribution in [-0.2, 0) is 4.74 Å². The third kappa shape index (κ3) is 3.88. The fourth-order valence-corrected chi connectivity index (χ4v) is 3.67. The molecule has 3 nitrogen and oxygen atoms in total. The summed E-state index contributed by atoms with van der Waals surface area (Å²) in [5, 5.41) is 3.31. The van der Waals surface area contributed by atoms with Crippen LogP contribution in [0.15, 0.2) is 72.8 Å². The van der Waals surface area contributed by atoms with Crippen molar-refractivity contribution in [1.29, 1.82) is 0 Å². The van der Waals surface area contributed by atoms with Gasteiger partial charge in [0.2, 0.25) is 0 Å². The molecular weight excluding hydrogens is 370 g/mol. The van der Waals surface area contributed by atoms with E-state index in [1.807, 2.05) is 36.4 Å². The molecule has 0 saturated heterocycles. The minimum Gasteiger partial charge on any atom is -0.449 e. The molecule has 0 bridgehead atoms. The van der Waals surface area contributed by atoms with E-state index in [9.17, 15) is 4.79 Å². The summed E-state index contributed by atoms with van der Waals surface area (Å²) >= 11 is 5.93. The topological polar surface area (TPSA) is 38.3 Å². The van der Waals surface area contributed by atoms with Crippen LogP contribution < -0.4 is 5.32 Å². The summed E-state index contributed by atoms with van der Waals surface area (Å²) in [4.78, 5) is 12.1. The Bertz CT molecular complexity index is 1040. The molecule has 3 aromatic rings. The van der Waals surface area contributed by atoms with Crippen LogP contribution in [0.1, 0.15) is 22.6 Å². The Kier molecular flexibility index (Phi) is 5.32. The fraction of sp³-hybridized carbons (Fsp3) is 0.125. The molecule has 0 heterocycles. The first kappa shape index (κ1) is 18.2. The standard InChI is InChI=1S/C24H18ClNO2/c25-18-9-5-7-17(15-18)8-6-14-26-24(27)28-16-23-21-12-3-1-10-19(21)20-11-2-4-13-22(20)23/h1-5,7,9-13,15,23H,14,16H2,(H,26,27). The summed E-state index contributed by atoms with van der Waals surface area (Å²) < 4.78 is 5.47. The van der Waals surface area contributed by atoms with Crippen LogP contribution in [-0.4, -0.2) is 19.2 Å². The van der Waals surface area contributed by atoms with Crippen LogP contribution in [0.4, 0.5) is 4.79 Å². The van der Waals surface area contributed by atoms with Gasteiger partial charge < -0.3 is 10.1 Å². The van der Waals surface area contributed by atoms with Crippen molar-refractivity contribution in [2.75, 3.05) is 13.2 Å². The molecule has 1 aliphatic carbocycles. The van der Waals surface area contributed by atoms with E-state index >= 15 is 0 Å². The van der Waals surface area contributed by atoms with Crippen molar-refractivity contribution >= 4 is 17.7 Å². The number of alkyl carbamates (subject to hydrolysis) is 1. The highest BCUT2D eigenvalue weighted by Gasteiger charge is 2.28. The Morgan fingerprint density at radius 1 is 0.964 bits per heavy atom. The predicted molar refractivity (Wildman–Crippen MR) is 111 cm³/mol. The maximum absolute atomic E-state index is 12.1. The number of nitrogens with one attached hydrogen (secondary N) is 1. The molecule has 3 aromatic carbocycles. The number of carbonyl (C=O) groups excluding carboxylic acids is 1. The quantitative estimate of drug-likeness (QED) is 0.625. The normalized spacial score (nSPS) is 11.8. The molecule has 0 aromatic heterocycles. The summed E-state index contributed by atoms with van der Waals surface area (Å²) in [6.07, 6.45) is -0.470. The lowest BCUT2D eigenvalue weighted by atomic mass is 9.98. The Morgan fingerprint density at radius 3 is 2.32 bits per heavy atom. The Morgan fingerprint density at radius 2 is 1.64 bits per heavy atom. The van der Waals surface area contributed by atoms with Gasteiger partial charge in [0, 0.05) is 16.5 Å². The van der Waals surface area contributed by atoms with Crippen LogP contribution in [0.3, 0.4) is 0 Å². The van der Waals surface area contributed by atoms with Gasteiger partial charge in [-0.2, -0.15) is 0 Å². The minimum atomic E-state index is -0.470. The molecule has 0 atom stereocenters. The van der Waals surface area contributed by atoms with Gasteiger partial charge in [-0.15, -0.1) is 0 Å². The monoisotopic (exact) mass is 387 g/mol. The van der Waals surface area contributed by atoms with Crippen LogP contribution >= 0.6 is 11.6 Å². The third-order valence-corrected chi connectivity index (χ3v) is 4.96. The van der Waals surface area contributed by atoms with Crippen molar-refractivity contribution in [3.05, 3.63) is 94.5 Å². The highest BCUT2D eigenvalue weighted by Crippen LogP contribution is 2.44. The Labute approximate surface area is 169 Å². The van der Waals surface area contributed by atoms with E-state index in [1.165, 1.54) is 22.3 Å². The molecule has 1 aliphatic rings. The highest BCUT2D eigenvalue weighted by atomic mass is 35.5. The molecule has 4 rings (SSSR count). The van der Waals surface area contributed by atoms with E-state index in [0.717, 1.165) is 5.56 Å². The second kappa shape index (κ2) is 8.21. The van der Waals surface area contributed by atoms with Crippen LogP contribution in [0.5, 0.6) is 0 Å². The number of rotatable bonds is 3. The lowest BCUT2D eigenvalue weighted by Crippen LogP contribution is -2.26. The summed E-state index contributed by atoms with van der Waals surface area (Å²) in [6.45, 7) is 0.505. The molecule has 28 heavy (non-hydrogen) atoms. The van der Waals surface area contributed by atoms with Gasteiger partial charge in [0.05, 0.1) is 6.54 Å². The maximum atomic E-state index is 12.1. The van der Waals surface area contributed by atoms with Gasteiger partial charge in [-0.25, -0.2) is 4.79 Å². The maximum Gasteiger partial charge on any atom is 0.407 e. The number of amides is 1. The van der Waals surface area contributed by atoms with E-state index in [-0.39, 0.29) is 12.5 Å². The van der Waals surface area contributed by atoms with Crippen molar-refractivity contribution in [2.24, 2.45) is 0 Å². The molecule has 0 saturated carbocycles. The molecule has 1 amide bonds. The number of hydrogen-bond donors (Lipinski definition) is 1.